The molecule has 5 nitrogen and oxygen atoms in total. The van der Waals surface area contributed by atoms with E-state index in [1.54, 1.807) is 0 Å². The maximum atomic E-state index is 11.6. The summed E-state index contributed by atoms with van der Waals surface area (Å²) in [5.41, 5.74) is 5.68. The first-order valence-corrected chi connectivity index (χ1v) is 6.98. The van der Waals surface area contributed by atoms with Crippen molar-refractivity contribution in [3.63, 3.8) is 0 Å². The van der Waals surface area contributed by atoms with Gasteiger partial charge in [0.1, 0.15) is 0 Å². The summed E-state index contributed by atoms with van der Waals surface area (Å²) in [4.78, 5) is 11.6. The molecule has 1 aliphatic heterocycles. The van der Waals surface area contributed by atoms with Gasteiger partial charge in [0.25, 0.3) is 0 Å². The first-order valence-electron chi connectivity index (χ1n) is 5.27. The number of carbonyl (C=O) groups excluding carboxylic acids is 1. The van der Waals surface area contributed by atoms with E-state index in [-0.39, 0.29) is 11.7 Å². The van der Waals surface area contributed by atoms with Gasteiger partial charge in [0.2, 0.25) is 5.91 Å². The summed E-state index contributed by atoms with van der Waals surface area (Å²) in [5.74, 6) is -0.0169. The Bertz CT molecular complexity index is 387. The molecule has 0 aromatic rings. The Morgan fingerprint density at radius 1 is 1.56 bits per heavy atom. The van der Waals surface area contributed by atoms with Gasteiger partial charge in [0.05, 0.1) is 17.8 Å². The zero-order valence-electron chi connectivity index (χ0n) is 9.51. The van der Waals surface area contributed by atoms with Crippen LogP contribution in [-0.2, 0) is 14.6 Å². The summed E-state index contributed by atoms with van der Waals surface area (Å²) < 4.78 is 22.2. The largest absolute Gasteiger partial charge is 0.347 e. The number of nitrogens with two attached hydrogens (primary N) is 1. The van der Waals surface area contributed by atoms with Crippen LogP contribution in [0.4, 0.5) is 0 Å². The molecule has 0 bridgehead atoms. The number of hydrogen-bond donors (Lipinski definition) is 2. The standard InChI is InChI=1S/C10H18N2O3S/c1-7(2)5-9(11)10(13)12-8-3-4-16(14,15)6-8/h3-4,7-9H,5-6,11H2,1-2H3,(H,12,13)/t8?,9-/m1/s1. The molecule has 0 radical (unpaired) electrons. The van der Waals surface area contributed by atoms with Crippen molar-refractivity contribution < 1.29 is 13.2 Å². The van der Waals surface area contributed by atoms with Crippen molar-refractivity contribution >= 4 is 15.7 Å². The van der Waals surface area contributed by atoms with Gasteiger partial charge in [-0.15, -0.1) is 0 Å². The van der Waals surface area contributed by atoms with Crippen LogP contribution in [0.2, 0.25) is 0 Å². The van der Waals surface area contributed by atoms with Crippen LogP contribution in [0.3, 0.4) is 0 Å². The second kappa shape index (κ2) is 4.97. The normalized spacial score (nSPS) is 24.6. The molecule has 1 aliphatic rings. The molecule has 0 aromatic carbocycles. The molecule has 6 heteroatoms. The van der Waals surface area contributed by atoms with Crippen molar-refractivity contribution in [3.05, 3.63) is 11.5 Å². The van der Waals surface area contributed by atoms with Crippen molar-refractivity contribution in [2.24, 2.45) is 11.7 Å². The third-order valence-electron chi connectivity index (χ3n) is 2.32. The van der Waals surface area contributed by atoms with Crippen molar-refractivity contribution in [1.82, 2.24) is 5.32 Å². The lowest BCUT2D eigenvalue weighted by molar-refractivity contribution is -0.123. The Balaban J connectivity index is 2.45. The first-order chi connectivity index (χ1) is 7.30. The van der Waals surface area contributed by atoms with E-state index in [1.165, 1.54) is 6.08 Å². The number of nitrogens with one attached hydrogen (secondary N) is 1. The van der Waals surface area contributed by atoms with E-state index in [4.69, 9.17) is 5.73 Å². The van der Waals surface area contributed by atoms with E-state index in [9.17, 15) is 13.2 Å². The average molecular weight is 246 g/mol. The quantitative estimate of drug-likeness (QED) is 0.718. The van der Waals surface area contributed by atoms with Crippen molar-refractivity contribution in [2.75, 3.05) is 5.75 Å². The van der Waals surface area contributed by atoms with Crippen LogP contribution in [0.5, 0.6) is 0 Å². The van der Waals surface area contributed by atoms with Gasteiger partial charge < -0.3 is 11.1 Å². The summed E-state index contributed by atoms with van der Waals surface area (Å²) in [5, 5.41) is 3.74. The summed E-state index contributed by atoms with van der Waals surface area (Å²) >= 11 is 0. The molecule has 1 unspecified atom stereocenters. The topological polar surface area (TPSA) is 89.3 Å². The lowest BCUT2D eigenvalue weighted by Crippen LogP contribution is -2.46. The molecular weight excluding hydrogens is 228 g/mol. The number of carbonyl (C=O) groups is 1. The number of rotatable bonds is 4. The van der Waals surface area contributed by atoms with Crippen molar-refractivity contribution in [2.45, 2.75) is 32.4 Å². The fourth-order valence-electron chi connectivity index (χ4n) is 1.57. The zero-order chi connectivity index (χ0) is 12.3. The number of amides is 1. The van der Waals surface area contributed by atoms with Gasteiger partial charge in [-0.3, -0.25) is 4.79 Å². The lowest BCUT2D eigenvalue weighted by atomic mass is 10.0. The molecule has 0 spiro atoms. The Morgan fingerprint density at radius 3 is 2.62 bits per heavy atom. The molecular formula is C10H18N2O3S. The maximum absolute atomic E-state index is 11.6. The molecule has 3 N–H and O–H groups in total. The van der Waals surface area contributed by atoms with E-state index in [0.29, 0.717) is 12.3 Å². The minimum atomic E-state index is -3.13. The molecule has 0 aromatic heterocycles. The summed E-state index contributed by atoms with van der Waals surface area (Å²) in [7, 11) is -3.13. The molecule has 0 saturated carbocycles. The van der Waals surface area contributed by atoms with E-state index < -0.39 is 21.9 Å². The third-order valence-corrected chi connectivity index (χ3v) is 3.72. The highest BCUT2D eigenvalue weighted by Gasteiger charge is 2.25. The number of hydrogen-bond acceptors (Lipinski definition) is 4. The first kappa shape index (κ1) is 13.2. The van der Waals surface area contributed by atoms with Crippen molar-refractivity contribution in [3.8, 4) is 0 Å². The van der Waals surface area contributed by atoms with Gasteiger partial charge in [-0.25, -0.2) is 8.42 Å². The fourth-order valence-corrected chi connectivity index (χ4v) is 2.81. The van der Waals surface area contributed by atoms with Gasteiger partial charge >= 0.3 is 0 Å². The summed E-state index contributed by atoms with van der Waals surface area (Å²) in [6.45, 7) is 3.96. The molecule has 1 heterocycles. The van der Waals surface area contributed by atoms with Gasteiger partial charge in [-0.1, -0.05) is 13.8 Å². The maximum Gasteiger partial charge on any atom is 0.237 e. The molecule has 1 amide bonds. The molecule has 0 saturated heterocycles. The molecule has 92 valence electrons. The Kier molecular flexibility index (Phi) is 4.09. The van der Waals surface area contributed by atoms with Crippen molar-refractivity contribution in [1.29, 1.82) is 0 Å². The number of sulfone groups is 1. The highest BCUT2D eigenvalue weighted by atomic mass is 32.2. The van der Waals surface area contributed by atoms with E-state index in [1.807, 2.05) is 13.8 Å². The highest BCUT2D eigenvalue weighted by Crippen LogP contribution is 2.09. The van der Waals surface area contributed by atoms with E-state index in [2.05, 4.69) is 5.32 Å². The molecule has 1 rings (SSSR count). The van der Waals surface area contributed by atoms with E-state index in [0.717, 1.165) is 5.41 Å². The Labute approximate surface area is 96.0 Å². The summed E-state index contributed by atoms with van der Waals surface area (Å²) in [6.07, 6.45) is 2.07. The smallest absolute Gasteiger partial charge is 0.237 e. The third kappa shape index (κ3) is 3.94. The summed E-state index contributed by atoms with van der Waals surface area (Å²) in [6, 6.07) is -1.01. The second-order valence-electron chi connectivity index (χ2n) is 4.51. The average Bonchev–Trinajstić information content (AvgIpc) is 2.44. The Morgan fingerprint density at radius 2 is 2.19 bits per heavy atom. The van der Waals surface area contributed by atoms with Crippen LogP contribution >= 0.6 is 0 Å². The van der Waals surface area contributed by atoms with Crippen LogP contribution in [0.1, 0.15) is 20.3 Å². The monoisotopic (exact) mass is 246 g/mol. The van der Waals surface area contributed by atoms with Gasteiger partial charge in [0.15, 0.2) is 9.84 Å². The van der Waals surface area contributed by atoms with Gasteiger partial charge in [-0.2, -0.15) is 0 Å². The highest BCUT2D eigenvalue weighted by molar-refractivity contribution is 7.94. The molecule has 2 atom stereocenters. The van der Waals surface area contributed by atoms with Gasteiger partial charge in [0, 0.05) is 5.41 Å². The molecule has 16 heavy (non-hydrogen) atoms. The SMILES string of the molecule is CC(C)C[C@@H](N)C(=O)NC1C=CS(=O)(=O)C1. The van der Waals surface area contributed by atoms with E-state index >= 15 is 0 Å². The lowest BCUT2D eigenvalue weighted by Gasteiger charge is -2.16. The zero-order valence-corrected chi connectivity index (χ0v) is 10.3. The molecule has 0 aliphatic carbocycles. The fraction of sp³-hybridized carbons (Fsp3) is 0.700. The van der Waals surface area contributed by atoms with Crippen LogP contribution in [0, 0.1) is 5.92 Å². The van der Waals surface area contributed by atoms with Crippen LogP contribution in [0.15, 0.2) is 11.5 Å². The van der Waals surface area contributed by atoms with Gasteiger partial charge in [-0.05, 0) is 18.4 Å². The van der Waals surface area contributed by atoms with Crippen LogP contribution in [-0.4, -0.2) is 32.2 Å². The second-order valence-corrected chi connectivity index (χ2v) is 6.44. The van der Waals surface area contributed by atoms with Crippen LogP contribution in [0.25, 0.3) is 0 Å². The molecule has 0 fully saturated rings. The van der Waals surface area contributed by atoms with Crippen LogP contribution < -0.4 is 11.1 Å². The predicted octanol–water partition coefficient (Wildman–Crippen LogP) is -0.213. The predicted molar refractivity (Wildman–Crippen MR) is 62.3 cm³/mol. The minimum Gasteiger partial charge on any atom is -0.347 e. The Hall–Kier alpha value is -0.880. The minimum absolute atomic E-state index is 0.0624.